The fourth-order valence-corrected chi connectivity index (χ4v) is 4.54. The van der Waals surface area contributed by atoms with E-state index in [2.05, 4.69) is 4.98 Å². The maximum atomic E-state index is 13.4. The van der Waals surface area contributed by atoms with Crippen LogP contribution in [0.4, 0.5) is 26.3 Å². The SMILES string of the molecule is O=c1c2ccccc2nc(C2CC2c2ccccc2)n1-c1ccc(C(O)(C(F)(F)F)C(F)(F)F)cc1. The van der Waals surface area contributed by atoms with E-state index < -0.39 is 29.1 Å². The average molecular weight is 504 g/mol. The number of aliphatic hydroxyl groups is 1. The standard InChI is InChI=1S/C26H18F6N2O2/c27-25(28,29)24(36,26(30,31)32)16-10-12-17(13-11-16)34-22(20-14-19(20)15-6-2-1-3-7-15)33-21-9-5-4-8-18(21)23(34)35/h1-13,19-20,36H,14H2. The number of para-hydroxylation sites is 1. The highest BCUT2D eigenvalue weighted by Gasteiger charge is 2.71. The van der Waals surface area contributed by atoms with Crippen molar-refractivity contribution in [2.75, 3.05) is 0 Å². The second-order valence-corrected chi connectivity index (χ2v) is 8.74. The predicted octanol–water partition coefficient (Wildman–Crippen LogP) is 5.97. The molecule has 0 spiro atoms. The zero-order valence-electron chi connectivity index (χ0n) is 18.4. The van der Waals surface area contributed by atoms with Crippen LogP contribution in [0.25, 0.3) is 16.6 Å². The number of rotatable bonds is 4. The molecule has 1 aromatic heterocycles. The van der Waals surface area contributed by atoms with Gasteiger partial charge in [-0.2, -0.15) is 26.3 Å². The van der Waals surface area contributed by atoms with Crippen molar-refractivity contribution in [2.45, 2.75) is 36.2 Å². The number of alkyl halides is 6. The van der Waals surface area contributed by atoms with Gasteiger partial charge in [-0.3, -0.25) is 9.36 Å². The van der Waals surface area contributed by atoms with Gasteiger partial charge in [0.15, 0.2) is 0 Å². The maximum Gasteiger partial charge on any atom is 0.430 e. The van der Waals surface area contributed by atoms with Gasteiger partial charge in [-0.15, -0.1) is 0 Å². The van der Waals surface area contributed by atoms with Gasteiger partial charge in [-0.05, 0) is 42.2 Å². The lowest BCUT2D eigenvalue weighted by Crippen LogP contribution is -2.53. The van der Waals surface area contributed by atoms with E-state index in [0.29, 0.717) is 29.9 Å². The Morgan fingerprint density at radius 3 is 1.97 bits per heavy atom. The van der Waals surface area contributed by atoms with E-state index in [1.54, 1.807) is 24.3 Å². The Labute approximate surface area is 200 Å². The highest BCUT2D eigenvalue weighted by molar-refractivity contribution is 5.78. The number of fused-ring (bicyclic) bond motifs is 1. The van der Waals surface area contributed by atoms with E-state index in [9.17, 15) is 36.2 Å². The molecule has 1 heterocycles. The Kier molecular flexibility index (Phi) is 5.47. The lowest BCUT2D eigenvalue weighted by atomic mass is 9.92. The second-order valence-electron chi connectivity index (χ2n) is 8.74. The number of hydrogen-bond acceptors (Lipinski definition) is 3. The summed E-state index contributed by atoms with van der Waals surface area (Å²) < 4.78 is 81.0. The van der Waals surface area contributed by atoms with Crippen molar-refractivity contribution < 1.29 is 31.4 Å². The van der Waals surface area contributed by atoms with Gasteiger partial charge in [0, 0.05) is 11.5 Å². The van der Waals surface area contributed by atoms with Gasteiger partial charge in [-0.25, -0.2) is 4.98 Å². The Morgan fingerprint density at radius 2 is 1.36 bits per heavy atom. The number of hydrogen-bond donors (Lipinski definition) is 1. The van der Waals surface area contributed by atoms with Crippen molar-refractivity contribution in [2.24, 2.45) is 0 Å². The third-order valence-corrected chi connectivity index (χ3v) is 6.52. The summed E-state index contributed by atoms with van der Waals surface area (Å²) in [5.74, 6) is 0.249. The molecular formula is C26H18F6N2O2. The van der Waals surface area contributed by atoms with Crippen molar-refractivity contribution in [1.29, 1.82) is 0 Å². The van der Waals surface area contributed by atoms with Crippen molar-refractivity contribution >= 4 is 10.9 Å². The Bertz CT molecular complexity index is 1460. The molecule has 36 heavy (non-hydrogen) atoms. The van der Waals surface area contributed by atoms with E-state index in [1.165, 1.54) is 4.57 Å². The number of benzene rings is 3. The van der Waals surface area contributed by atoms with E-state index in [1.807, 2.05) is 30.3 Å². The average Bonchev–Trinajstić information content (AvgIpc) is 3.64. The van der Waals surface area contributed by atoms with Crippen LogP contribution >= 0.6 is 0 Å². The first-order valence-corrected chi connectivity index (χ1v) is 11.0. The largest absolute Gasteiger partial charge is 0.430 e. The van der Waals surface area contributed by atoms with E-state index in [4.69, 9.17) is 0 Å². The van der Waals surface area contributed by atoms with Gasteiger partial charge >= 0.3 is 12.4 Å². The summed E-state index contributed by atoms with van der Waals surface area (Å²) in [7, 11) is 0. The second kappa shape index (κ2) is 8.19. The Hall–Kier alpha value is -3.66. The fourth-order valence-electron chi connectivity index (χ4n) is 4.54. The minimum atomic E-state index is -6.00. The minimum absolute atomic E-state index is 0.0439. The van der Waals surface area contributed by atoms with E-state index in [0.717, 1.165) is 17.7 Å². The van der Waals surface area contributed by atoms with Crippen LogP contribution in [-0.2, 0) is 5.60 Å². The van der Waals surface area contributed by atoms with Gasteiger partial charge in [0.2, 0.25) is 0 Å². The lowest BCUT2D eigenvalue weighted by Gasteiger charge is -2.32. The summed E-state index contributed by atoms with van der Waals surface area (Å²) in [4.78, 5) is 18.1. The monoisotopic (exact) mass is 504 g/mol. The summed E-state index contributed by atoms with van der Waals surface area (Å²) in [6, 6.07) is 19.1. The van der Waals surface area contributed by atoms with Crippen molar-refractivity contribution in [3.05, 3.63) is 106 Å². The van der Waals surface area contributed by atoms with Gasteiger partial charge < -0.3 is 5.11 Å². The highest BCUT2D eigenvalue weighted by Crippen LogP contribution is 2.54. The molecule has 0 bridgehead atoms. The first-order chi connectivity index (χ1) is 16.9. The summed E-state index contributed by atoms with van der Waals surface area (Å²) >= 11 is 0. The highest BCUT2D eigenvalue weighted by atomic mass is 19.4. The van der Waals surface area contributed by atoms with Crippen LogP contribution in [0.15, 0.2) is 83.7 Å². The van der Waals surface area contributed by atoms with E-state index >= 15 is 0 Å². The molecule has 5 rings (SSSR count). The molecule has 1 N–H and O–H groups in total. The molecule has 186 valence electrons. The van der Waals surface area contributed by atoms with Crippen molar-refractivity contribution in [3.8, 4) is 5.69 Å². The van der Waals surface area contributed by atoms with E-state index in [-0.39, 0.29) is 22.9 Å². The zero-order valence-corrected chi connectivity index (χ0v) is 18.4. The van der Waals surface area contributed by atoms with Crippen molar-refractivity contribution in [1.82, 2.24) is 9.55 Å². The topological polar surface area (TPSA) is 55.1 Å². The van der Waals surface area contributed by atoms with Gasteiger partial charge in [0.05, 0.1) is 16.6 Å². The smallest absolute Gasteiger partial charge is 0.369 e. The summed E-state index contributed by atoms with van der Waals surface area (Å²) in [5.41, 5.74) is -5.43. The molecule has 4 aromatic rings. The molecule has 2 atom stereocenters. The Balaban J connectivity index is 1.64. The molecular weight excluding hydrogens is 486 g/mol. The van der Waals surface area contributed by atoms with Gasteiger partial charge in [-0.1, -0.05) is 54.6 Å². The first-order valence-electron chi connectivity index (χ1n) is 11.0. The summed E-state index contributed by atoms with van der Waals surface area (Å²) in [5, 5.41) is 9.95. The van der Waals surface area contributed by atoms with Gasteiger partial charge in [0.1, 0.15) is 5.82 Å². The van der Waals surface area contributed by atoms with Gasteiger partial charge in [0.25, 0.3) is 11.2 Å². The van der Waals surface area contributed by atoms with Crippen LogP contribution in [0.1, 0.15) is 35.2 Å². The number of aromatic nitrogens is 2. The third-order valence-electron chi connectivity index (χ3n) is 6.52. The van der Waals surface area contributed by atoms with Crippen LogP contribution in [0, 0.1) is 0 Å². The molecule has 3 aromatic carbocycles. The van der Waals surface area contributed by atoms with Crippen LogP contribution in [0.5, 0.6) is 0 Å². The zero-order chi connectivity index (χ0) is 25.9. The molecule has 0 amide bonds. The lowest BCUT2D eigenvalue weighted by molar-refractivity contribution is -0.376. The molecule has 1 fully saturated rings. The predicted molar refractivity (Wildman–Crippen MR) is 120 cm³/mol. The molecule has 0 saturated heterocycles. The molecule has 0 aliphatic heterocycles. The molecule has 2 unspecified atom stereocenters. The molecule has 1 saturated carbocycles. The normalized spacial score (nSPS) is 18.4. The third kappa shape index (κ3) is 3.76. The maximum absolute atomic E-state index is 13.4. The Morgan fingerprint density at radius 1 is 0.778 bits per heavy atom. The van der Waals surface area contributed by atoms with Crippen LogP contribution in [0.2, 0.25) is 0 Å². The molecule has 10 heteroatoms. The fraction of sp³-hybridized carbons (Fsp3) is 0.231. The minimum Gasteiger partial charge on any atom is -0.369 e. The number of nitrogens with zero attached hydrogens (tertiary/aromatic N) is 2. The first kappa shape index (κ1) is 24.1. The molecule has 0 radical (unpaired) electrons. The molecule has 1 aliphatic rings. The van der Waals surface area contributed by atoms with Crippen LogP contribution in [-0.4, -0.2) is 27.0 Å². The molecule has 1 aliphatic carbocycles. The summed E-state index contributed by atoms with van der Waals surface area (Å²) in [6.45, 7) is 0. The van der Waals surface area contributed by atoms with Crippen LogP contribution < -0.4 is 5.56 Å². The van der Waals surface area contributed by atoms with Crippen LogP contribution in [0.3, 0.4) is 0 Å². The molecule has 4 nitrogen and oxygen atoms in total. The van der Waals surface area contributed by atoms with Crippen molar-refractivity contribution in [3.63, 3.8) is 0 Å². The number of halogens is 6. The summed E-state index contributed by atoms with van der Waals surface area (Å²) in [6.07, 6.45) is -11.3. The quantitative estimate of drug-likeness (QED) is 0.349.